The van der Waals surface area contributed by atoms with Gasteiger partial charge in [0.1, 0.15) is 5.75 Å². The molecule has 5 nitrogen and oxygen atoms in total. The Bertz CT molecular complexity index is 756. The number of Topliss-reactive ketones (excluding diaryl/α,β-unsaturated/α-hetero) is 1. The van der Waals surface area contributed by atoms with Crippen molar-refractivity contribution in [2.45, 2.75) is 44.9 Å². The van der Waals surface area contributed by atoms with Gasteiger partial charge in [0, 0.05) is 17.1 Å². The fraction of sp³-hybridized carbons (Fsp3) is 0.444. The third-order valence-electron chi connectivity index (χ3n) is 4.93. The standard InChI is InChI=1S/C18H21NO4/c1-10(20)12-7-16-13(8-17(12)21)15(9-19-16)14(18(22)23)6-11-4-2-3-5-11/h7-9,11,14,19,21H,2-6H2,1H3,(H,22,23). The van der Waals surface area contributed by atoms with Crippen molar-refractivity contribution in [2.75, 3.05) is 0 Å². The van der Waals surface area contributed by atoms with E-state index in [1.54, 1.807) is 12.3 Å². The van der Waals surface area contributed by atoms with Gasteiger partial charge < -0.3 is 15.2 Å². The molecule has 0 amide bonds. The fourth-order valence-electron chi connectivity index (χ4n) is 3.69. The van der Waals surface area contributed by atoms with Crippen LogP contribution in [0.1, 0.15) is 60.9 Å². The monoisotopic (exact) mass is 315 g/mol. The smallest absolute Gasteiger partial charge is 0.311 e. The molecule has 1 aliphatic rings. The van der Waals surface area contributed by atoms with E-state index in [4.69, 9.17) is 0 Å². The topological polar surface area (TPSA) is 90.4 Å². The summed E-state index contributed by atoms with van der Waals surface area (Å²) in [6.07, 6.45) is 6.85. The van der Waals surface area contributed by atoms with Crippen LogP contribution >= 0.6 is 0 Å². The number of hydrogen-bond donors (Lipinski definition) is 3. The third kappa shape index (κ3) is 2.96. The summed E-state index contributed by atoms with van der Waals surface area (Å²) < 4.78 is 0. The lowest BCUT2D eigenvalue weighted by Crippen LogP contribution is -2.14. The van der Waals surface area contributed by atoms with E-state index in [1.165, 1.54) is 25.8 Å². The third-order valence-corrected chi connectivity index (χ3v) is 4.93. The number of rotatable bonds is 5. The van der Waals surface area contributed by atoms with Crippen LogP contribution in [0.2, 0.25) is 0 Å². The summed E-state index contributed by atoms with van der Waals surface area (Å²) in [5, 5.41) is 20.4. The number of hydrogen-bond acceptors (Lipinski definition) is 3. The van der Waals surface area contributed by atoms with E-state index in [-0.39, 0.29) is 17.1 Å². The molecule has 0 radical (unpaired) electrons. The Morgan fingerprint density at radius 1 is 1.30 bits per heavy atom. The molecule has 3 rings (SSSR count). The highest BCUT2D eigenvalue weighted by Gasteiger charge is 2.28. The quantitative estimate of drug-likeness (QED) is 0.731. The Labute approximate surface area is 134 Å². The Morgan fingerprint density at radius 3 is 2.61 bits per heavy atom. The molecule has 122 valence electrons. The first-order chi connectivity index (χ1) is 11.0. The molecule has 1 aromatic heterocycles. The number of carboxylic acids is 1. The van der Waals surface area contributed by atoms with Crippen LogP contribution in [0.15, 0.2) is 18.3 Å². The van der Waals surface area contributed by atoms with Crippen LogP contribution in [0.25, 0.3) is 10.9 Å². The number of carbonyl (C=O) groups is 2. The van der Waals surface area contributed by atoms with Gasteiger partial charge in [-0.2, -0.15) is 0 Å². The molecular formula is C18H21NO4. The number of nitrogens with one attached hydrogen (secondary N) is 1. The maximum absolute atomic E-state index is 11.8. The van der Waals surface area contributed by atoms with Gasteiger partial charge in [0.05, 0.1) is 11.5 Å². The number of carboxylic acid groups (broad SMARTS) is 1. The molecule has 0 aliphatic heterocycles. The molecule has 2 aromatic rings. The normalized spacial score (nSPS) is 16.7. The average Bonchev–Trinajstić information content (AvgIpc) is 3.12. The second kappa shape index (κ2) is 6.07. The zero-order chi connectivity index (χ0) is 16.6. The highest BCUT2D eigenvalue weighted by molar-refractivity contribution is 6.02. The number of ketones is 1. The van der Waals surface area contributed by atoms with Crippen LogP contribution in [0, 0.1) is 5.92 Å². The van der Waals surface area contributed by atoms with Gasteiger partial charge in [-0.05, 0) is 37.0 Å². The summed E-state index contributed by atoms with van der Waals surface area (Å²) in [7, 11) is 0. The molecule has 23 heavy (non-hydrogen) atoms. The lowest BCUT2D eigenvalue weighted by molar-refractivity contribution is -0.139. The van der Waals surface area contributed by atoms with Gasteiger partial charge in [0.15, 0.2) is 5.78 Å². The minimum absolute atomic E-state index is 0.101. The van der Waals surface area contributed by atoms with Gasteiger partial charge in [0.25, 0.3) is 0 Å². The predicted octanol–water partition coefficient (Wildman–Crippen LogP) is 3.82. The van der Waals surface area contributed by atoms with E-state index in [2.05, 4.69) is 4.98 Å². The zero-order valence-corrected chi connectivity index (χ0v) is 13.1. The number of aromatic hydroxyl groups is 1. The van der Waals surface area contributed by atoms with Crippen molar-refractivity contribution in [1.29, 1.82) is 0 Å². The van der Waals surface area contributed by atoms with Gasteiger partial charge in [-0.3, -0.25) is 9.59 Å². The van der Waals surface area contributed by atoms with Crippen LogP contribution in [0.4, 0.5) is 0 Å². The molecule has 1 atom stereocenters. The van der Waals surface area contributed by atoms with Crippen molar-refractivity contribution in [1.82, 2.24) is 4.98 Å². The molecule has 5 heteroatoms. The van der Waals surface area contributed by atoms with Crippen LogP contribution in [0.3, 0.4) is 0 Å². The highest BCUT2D eigenvalue weighted by Crippen LogP contribution is 2.38. The lowest BCUT2D eigenvalue weighted by Gasteiger charge is -2.16. The van der Waals surface area contributed by atoms with Crippen molar-refractivity contribution in [3.05, 3.63) is 29.5 Å². The van der Waals surface area contributed by atoms with Gasteiger partial charge in [0.2, 0.25) is 0 Å². The van der Waals surface area contributed by atoms with E-state index in [0.29, 0.717) is 28.8 Å². The maximum atomic E-state index is 11.8. The van der Waals surface area contributed by atoms with Crippen molar-refractivity contribution < 1.29 is 19.8 Å². The van der Waals surface area contributed by atoms with Gasteiger partial charge in [-0.25, -0.2) is 0 Å². The minimum Gasteiger partial charge on any atom is -0.507 e. The number of benzene rings is 1. The van der Waals surface area contributed by atoms with Crippen LogP contribution in [-0.4, -0.2) is 26.9 Å². The second-order valence-electron chi connectivity index (χ2n) is 6.49. The Hall–Kier alpha value is -2.30. The Morgan fingerprint density at radius 2 is 2.00 bits per heavy atom. The molecule has 1 saturated carbocycles. The Kier molecular flexibility index (Phi) is 4.11. The Balaban J connectivity index is 2.01. The van der Waals surface area contributed by atoms with Gasteiger partial charge in [-0.1, -0.05) is 25.7 Å². The number of carbonyl (C=O) groups excluding carboxylic acids is 1. The van der Waals surface area contributed by atoms with E-state index in [0.717, 1.165) is 12.8 Å². The molecule has 1 unspecified atom stereocenters. The van der Waals surface area contributed by atoms with Gasteiger partial charge >= 0.3 is 5.97 Å². The number of aromatic nitrogens is 1. The largest absolute Gasteiger partial charge is 0.507 e. The maximum Gasteiger partial charge on any atom is 0.311 e. The number of aliphatic carboxylic acids is 1. The van der Waals surface area contributed by atoms with Gasteiger partial charge in [-0.15, -0.1) is 0 Å². The summed E-state index contributed by atoms with van der Waals surface area (Å²) in [6.45, 7) is 1.39. The van der Waals surface area contributed by atoms with Crippen molar-refractivity contribution in [2.24, 2.45) is 5.92 Å². The van der Waals surface area contributed by atoms with Crippen molar-refractivity contribution in [3.63, 3.8) is 0 Å². The first-order valence-corrected chi connectivity index (χ1v) is 8.05. The van der Waals surface area contributed by atoms with E-state index in [1.807, 2.05) is 0 Å². The molecule has 3 N–H and O–H groups in total. The van der Waals surface area contributed by atoms with Crippen LogP contribution in [-0.2, 0) is 4.79 Å². The highest BCUT2D eigenvalue weighted by atomic mass is 16.4. The second-order valence-corrected chi connectivity index (χ2v) is 6.49. The summed E-state index contributed by atoms with van der Waals surface area (Å²) >= 11 is 0. The fourth-order valence-corrected chi connectivity index (χ4v) is 3.69. The van der Waals surface area contributed by atoms with E-state index < -0.39 is 11.9 Å². The van der Waals surface area contributed by atoms with E-state index >= 15 is 0 Å². The summed E-state index contributed by atoms with van der Waals surface area (Å²) in [6, 6.07) is 3.09. The predicted molar refractivity (Wildman–Crippen MR) is 86.9 cm³/mol. The summed E-state index contributed by atoms with van der Waals surface area (Å²) in [4.78, 5) is 26.3. The number of phenolic OH excluding ortho intramolecular Hbond substituents is 1. The van der Waals surface area contributed by atoms with Crippen LogP contribution in [0.5, 0.6) is 5.75 Å². The SMILES string of the molecule is CC(=O)c1cc2[nH]cc(C(CC3CCCC3)C(=O)O)c2cc1O. The molecule has 0 saturated heterocycles. The molecule has 1 aromatic carbocycles. The molecular weight excluding hydrogens is 294 g/mol. The molecule has 0 bridgehead atoms. The molecule has 0 spiro atoms. The van der Waals surface area contributed by atoms with Crippen LogP contribution < -0.4 is 0 Å². The number of phenols is 1. The number of H-pyrrole nitrogens is 1. The zero-order valence-electron chi connectivity index (χ0n) is 13.1. The van der Waals surface area contributed by atoms with Crippen molar-refractivity contribution in [3.8, 4) is 5.75 Å². The summed E-state index contributed by atoms with van der Waals surface area (Å²) in [5.74, 6) is -1.30. The minimum atomic E-state index is -0.840. The first-order valence-electron chi connectivity index (χ1n) is 8.05. The number of fused-ring (bicyclic) bond motifs is 1. The lowest BCUT2D eigenvalue weighted by atomic mass is 9.87. The number of aromatic amines is 1. The van der Waals surface area contributed by atoms with Crippen molar-refractivity contribution >= 4 is 22.7 Å². The van der Waals surface area contributed by atoms with E-state index in [9.17, 15) is 19.8 Å². The molecule has 1 aliphatic carbocycles. The first kappa shape index (κ1) is 15.6. The average molecular weight is 315 g/mol. The molecule has 1 heterocycles. The molecule has 1 fully saturated rings. The summed E-state index contributed by atoms with van der Waals surface area (Å²) in [5.41, 5.74) is 1.61.